The number of phosphoric acid groups is 2. The fourth-order valence-corrected chi connectivity index (χ4v) is 1.10. The molecule has 0 amide bonds. The molecule has 0 fully saturated rings. The first-order chi connectivity index (χ1) is 3.71. The first-order valence-electron chi connectivity index (χ1n) is 1.46. The quantitative estimate of drug-likeness (QED) is 0.355. The van der Waals surface area contributed by atoms with Crippen LogP contribution in [0.5, 0.6) is 0 Å². The van der Waals surface area contributed by atoms with Crippen LogP contribution < -0.4 is 19.6 Å². The number of rotatable bonds is 2. The van der Waals surface area contributed by atoms with Crippen molar-refractivity contribution in [2.75, 3.05) is 0 Å². The predicted octanol–water partition coefficient (Wildman–Crippen LogP) is -3.72. The van der Waals surface area contributed by atoms with Crippen molar-refractivity contribution in [3.8, 4) is 0 Å². The van der Waals surface area contributed by atoms with E-state index in [0.29, 0.717) is 0 Å². The minimum Gasteiger partial charge on any atom is -0.790 e. The van der Waals surface area contributed by atoms with Gasteiger partial charge in [-0.2, -0.15) is 0 Å². The minimum atomic E-state index is -5.68. The Balaban J connectivity index is 0. The van der Waals surface area contributed by atoms with Crippen molar-refractivity contribution in [2.45, 2.75) is 0 Å². The van der Waals surface area contributed by atoms with Crippen molar-refractivity contribution in [2.24, 2.45) is 0 Å². The fraction of sp³-hybridized carbons (Fsp3) is 0. The largest absolute Gasteiger partial charge is 0.790 e. The summed E-state index contributed by atoms with van der Waals surface area (Å²) >= 11 is 0. The van der Waals surface area contributed by atoms with Gasteiger partial charge in [0.15, 0.2) is 0 Å². The molecule has 60 valence electrons. The third-order valence-electron chi connectivity index (χ3n) is 0.200. The van der Waals surface area contributed by atoms with Crippen LogP contribution >= 0.6 is 15.6 Å². The average Bonchev–Trinajstić information content (AvgIpc) is 1.14. The van der Waals surface area contributed by atoms with E-state index in [1.807, 2.05) is 0 Å². The van der Waals surface area contributed by atoms with Gasteiger partial charge in [0.2, 0.25) is 0 Å². The third-order valence-corrected chi connectivity index (χ3v) is 1.80. The van der Waals surface area contributed by atoms with Gasteiger partial charge in [-0.25, -0.2) is 0 Å². The Hall–Kier alpha value is 1.18. The summed E-state index contributed by atoms with van der Waals surface area (Å²) in [6, 6.07) is 0. The van der Waals surface area contributed by atoms with Gasteiger partial charge < -0.3 is 33.0 Å². The van der Waals surface area contributed by atoms with Crippen molar-refractivity contribution in [3.05, 3.63) is 0 Å². The Morgan fingerprint density at radius 1 is 0.900 bits per heavy atom. The molecular formula is O7P2Pb-4. The summed E-state index contributed by atoms with van der Waals surface area (Å²) in [5.41, 5.74) is 0. The topological polar surface area (TPSA) is 136 Å². The van der Waals surface area contributed by atoms with Crippen LogP contribution in [0.15, 0.2) is 0 Å². The van der Waals surface area contributed by atoms with Crippen LogP contribution in [-0.4, -0.2) is 27.3 Å². The molecule has 0 aromatic carbocycles. The van der Waals surface area contributed by atoms with Crippen LogP contribution in [0.1, 0.15) is 0 Å². The van der Waals surface area contributed by atoms with Gasteiger partial charge in [0.1, 0.15) is 0 Å². The SMILES string of the molecule is O=P([O-])([O-])OP(=O)([O-])[O-].[Pb]. The van der Waals surface area contributed by atoms with Crippen LogP contribution in [0.3, 0.4) is 0 Å². The third kappa shape index (κ3) is 11.9. The van der Waals surface area contributed by atoms with E-state index in [0.717, 1.165) is 0 Å². The molecule has 0 saturated heterocycles. The van der Waals surface area contributed by atoms with E-state index in [1.54, 1.807) is 0 Å². The Morgan fingerprint density at radius 3 is 1.10 bits per heavy atom. The molecule has 0 heterocycles. The molecule has 0 bridgehead atoms. The number of hydrogen-bond donors (Lipinski definition) is 0. The molecule has 7 nitrogen and oxygen atoms in total. The van der Waals surface area contributed by atoms with Gasteiger partial charge in [-0.1, -0.05) is 0 Å². The summed E-state index contributed by atoms with van der Waals surface area (Å²) < 4.78 is 21.2. The Labute approximate surface area is 76.0 Å². The second kappa shape index (κ2) is 4.27. The summed E-state index contributed by atoms with van der Waals surface area (Å²) in [7, 11) is -11.4. The van der Waals surface area contributed by atoms with E-state index in [-0.39, 0.29) is 27.3 Å². The fourth-order valence-electron chi connectivity index (χ4n) is 0.122. The van der Waals surface area contributed by atoms with Crippen LogP contribution in [0, 0.1) is 0 Å². The second-order valence-corrected chi connectivity index (χ2v) is 3.42. The standard InChI is InChI=1S/H4O7P2.Pb/c1-8(2,3)7-9(4,5)6;/h(H2,1,2,3)(H2,4,5,6);/p-4. The van der Waals surface area contributed by atoms with Gasteiger partial charge >= 0.3 is 0 Å². The minimum absolute atomic E-state index is 0. The zero-order valence-corrected chi connectivity index (χ0v) is 9.93. The van der Waals surface area contributed by atoms with Gasteiger partial charge in [0.05, 0.1) is 15.6 Å². The van der Waals surface area contributed by atoms with Crippen LogP contribution in [-0.2, 0) is 13.4 Å². The smallest absolute Gasteiger partial charge is 0.0655 e. The summed E-state index contributed by atoms with van der Waals surface area (Å²) in [6.45, 7) is 0. The van der Waals surface area contributed by atoms with E-state index < -0.39 is 15.6 Å². The van der Waals surface area contributed by atoms with E-state index in [4.69, 9.17) is 0 Å². The maximum atomic E-state index is 9.32. The molecular weight excluding hydrogens is 381 g/mol. The first-order valence-corrected chi connectivity index (χ1v) is 4.38. The molecule has 0 aliphatic rings. The molecule has 10 heteroatoms. The summed E-state index contributed by atoms with van der Waals surface area (Å²) in [4.78, 5) is 37.3. The molecule has 0 atom stereocenters. The normalized spacial score (nSPS) is 12.4. The van der Waals surface area contributed by atoms with Crippen LogP contribution in [0.4, 0.5) is 0 Å². The van der Waals surface area contributed by atoms with Gasteiger partial charge in [-0.3, -0.25) is 0 Å². The monoisotopic (exact) mass is 382 g/mol. The van der Waals surface area contributed by atoms with Gasteiger partial charge in [0, 0.05) is 27.3 Å². The van der Waals surface area contributed by atoms with Crippen molar-refractivity contribution in [3.63, 3.8) is 0 Å². The van der Waals surface area contributed by atoms with Gasteiger partial charge in [-0.05, 0) is 0 Å². The van der Waals surface area contributed by atoms with E-state index in [1.165, 1.54) is 0 Å². The molecule has 0 aliphatic carbocycles. The van der Waals surface area contributed by atoms with Crippen LogP contribution in [0.25, 0.3) is 0 Å². The maximum absolute atomic E-state index is 9.32. The molecule has 0 aliphatic heterocycles. The molecule has 0 unspecified atom stereocenters. The molecule has 0 aromatic heterocycles. The molecule has 0 spiro atoms. The first kappa shape index (κ1) is 13.8. The molecule has 0 rings (SSSR count). The molecule has 0 saturated carbocycles. The van der Waals surface area contributed by atoms with Crippen molar-refractivity contribution < 1.29 is 33.0 Å². The van der Waals surface area contributed by atoms with E-state index in [2.05, 4.69) is 4.31 Å². The number of hydrogen-bond acceptors (Lipinski definition) is 7. The molecule has 0 aromatic rings. The van der Waals surface area contributed by atoms with Crippen molar-refractivity contribution in [1.82, 2.24) is 0 Å². The van der Waals surface area contributed by atoms with E-state index >= 15 is 0 Å². The van der Waals surface area contributed by atoms with Crippen LogP contribution in [0.2, 0.25) is 0 Å². The van der Waals surface area contributed by atoms with Crippen molar-refractivity contribution in [1.29, 1.82) is 0 Å². The Bertz CT molecular complexity index is 152. The van der Waals surface area contributed by atoms with E-state index in [9.17, 15) is 28.7 Å². The zero-order valence-electron chi connectivity index (χ0n) is 4.25. The average molecular weight is 381 g/mol. The second-order valence-electron chi connectivity index (χ2n) is 0.976. The van der Waals surface area contributed by atoms with Gasteiger partial charge in [0.25, 0.3) is 0 Å². The maximum Gasteiger partial charge on any atom is 0.0655 e. The van der Waals surface area contributed by atoms with Gasteiger partial charge in [-0.15, -0.1) is 0 Å². The Morgan fingerprint density at radius 2 is 1.10 bits per heavy atom. The molecule has 4 radical (unpaired) electrons. The summed E-state index contributed by atoms with van der Waals surface area (Å²) in [5.74, 6) is 0. The summed E-state index contributed by atoms with van der Waals surface area (Å²) in [6.07, 6.45) is 0. The Kier molecular flexibility index (Phi) is 5.87. The zero-order chi connectivity index (χ0) is 7.71. The van der Waals surface area contributed by atoms with Crippen molar-refractivity contribution >= 4 is 42.9 Å². The summed E-state index contributed by atoms with van der Waals surface area (Å²) in [5, 5.41) is 0. The molecule has 10 heavy (non-hydrogen) atoms. The predicted molar refractivity (Wildman–Crippen MR) is 22.1 cm³/mol. The molecule has 0 N–H and O–H groups in total.